The van der Waals surface area contributed by atoms with Gasteiger partial charge in [0.25, 0.3) is 0 Å². The lowest BCUT2D eigenvalue weighted by Crippen LogP contribution is -2.51. The van der Waals surface area contributed by atoms with Gasteiger partial charge < -0.3 is 10.4 Å². The number of carboxylic acid groups (broad SMARTS) is 1. The van der Waals surface area contributed by atoms with E-state index >= 15 is 0 Å². The predicted octanol–water partition coefficient (Wildman–Crippen LogP) is 3.22. The SMILES string of the molecule is CC(NC(=O)CC(C)(C)C(F)(F)F)(C(=O)O)c1ccc(F)cc1. The number of hydrogen-bond donors (Lipinski definition) is 2. The first-order valence-corrected chi connectivity index (χ1v) is 6.67. The second kappa shape index (κ2) is 6.17. The van der Waals surface area contributed by atoms with Crippen molar-refractivity contribution in [2.24, 2.45) is 5.41 Å². The minimum atomic E-state index is -4.61. The molecule has 0 saturated heterocycles. The van der Waals surface area contributed by atoms with Gasteiger partial charge in [-0.1, -0.05) is 26.0 Å². The number of carboxylic acids is 1. The van der Waals surface area contributed by atoms with Crippen molar-refractivity contribution in [3.8, 4) is 0 Å². The van der Waals surface area contributed by atoms with Gasteiger partial charge >= 0.3 is 12.1 Å². The van der Waals surface area contributed by atoms with Crippen LogP contribution >= 0.6 is 0 Å². The number of halogens is 4. The summed E-state index contributed by atoms with van der Waals surface area (Å²) >= 11 is 0. The Morgan fingerprint density at radius 3 is 1.96 bits per heavy atom. The van der Waals surface area contributed by atoms with Crippen molar-refractivity contribution in [3.05, 3.63) is 35.6 Å². The second-order valence-electron chi connectivity index (χ2n) is 6.04. The van der Waals surface area contributed by atoms with Crippen molar-refractivity contribution >= 4 is 11.9 Å². The van der Waals surface area contributed by atoms with Gasteiger partial charge in [-0.2, -0.15) is 13.2 Å². The van der Waals surface area contributed by atoms with Gasteiger partial charge in [-0.15, -0.1) is 0 Å². The molecule has 0 aromatic heterocycles. The highest BCUT2D eigenvalue weighted by molar-refractivity contribution is 5.88. The maximum absolute atomic E-state index is 12.9. The Hall–Kier alpha value is -2.12. The molecule has 0 aliphatic heterocycles. The molecule has 0 saturated carbocycles. The Kier molecular flexibility index (Phi) is 5.08. The molecule has 0 radical (unpaired) electrons. The molecule has 1 amide bonds. The number of hydrogen-bond acceptors (Lipinski definition) is 2. The van der Waals surface area contributed by atoms with Gasteiger partial charge in [0.1, 0.15) is 5.82 Å². The summed E-state index contributed by atoms with van der Waals surface area (Å²) in [5.41, 5.74) is -4.23. The van der Waals surface area contributed by atoms with E-state index in [4.69, 9.17) is 0 Å². The summed E-state index contributed by atoms with van der Waals surface area (Å²) in [4.78, 5) is 23.4. The Balaban J connectivity index is 3.03. The molecule has 0 fully saturated rings. The van der Waals surface area contributed by atoms with E-state index in [0.717, 1.165) is 45.0 Å². The molecule has 2 N–H and O–H groups in total. The highest BCUT2D eigenvalue weighted by Crippen LogP contribution is 2.40. The lowest BCUT2D eigenvalue weighted by molar-refractivity contribution is -0.214. The summed E-state index contributed by atoms with van der Waals surface area (Å²) < 4.78 is 51.4. The summed E-state index contributed by atoms with van der Waals surface area (Å²) in [7, 11) is 0. The third-order valence-electron chi connectivity index (χ3n) is 3.61. The van der Waals surface area contributed by atoms with Crippen LogP contribution in [-0.2, 0) is 15.1 Å². The van der Waals surface area contributed by atoms with Crippen molar-refractivity contribution in [1.82, 2.24) is 5.32 Å². The van der Waals surface area contributed by atoms with Crippen molar-refractivity contribution in [3.63, 3.8) is 0 Å². The van der Waals surface area contributed by atoms with Gasteiger partial charge in [-0.25, -0.2) is 9.18 Å². The van der Waals surface area contributed by atoms with E-state index < -0.39 is 41.2 Å². The fourth-order valence-electron chi connectivity index (χ4n) is 1.86. The summed E-state index contributed by atoms with van der Waals surface area (Å²) in [6, 6.07) is 4.31. The number of aliphatic carboxylic acids is 1. The molecule has 1 rings (SSSR count). The van der Waals surface area contributed by atoms with E-state index in [1.54, 1.807) is 0 Å². The molecule has 4 nitrogen and oxygen atoms in total. The largest absolute Gasteiger partial charge is 0.479 e. The molecule has 128 valence electrons. The zero-order chi connectivity index (χ0) is 18.1. The Bertz CT molecular complexity index is 596. The molecule has 1 aromatic carbocycles. The van der Waals surface area contributed by atoms with Crippen molar-refractivity contribution in [2.75, 3.05) is 0 Å². The molecular weight excluding hydrogens is 318 g/mol. The topological polar surface area (TPSA) is 66.4 Å². The predicted molar refractivity (Wildman–Crippen MR) is 74.0 cm³/mol. The van der Waals surface area contributed by atoms with Gasteiger partial charge in [-0.05, 0) is 24.6 Å². The molecule has 0 aliphatic rings. The number of alkyl halides is 3. The first-order valence-electron chi connectivity index (χ1n) is 6.67. The summed E-state index contributed by atoms with van der Waals surface area (Å²) in [5.74, 6) is -3.14. The van der Waals surface area contributed by atoms with E-state index in [-0.39, 0.29) is 5.56 Å². The van der Waals surface area contributed by atoms with E-state index in [0.29, 0.717) is 0 Å². The lowest BCUT2D eigenvalue weighted by atomic mass is 9.86. The van der Waals surface area contributed by atoms with Crippen LogP contribution in [0.2, 0.25) is 0 Å². The Morgan fingerprint density at radius 1 is 1.09 bits per heavy atom. The van der Waals surface area contributed by atoms with Gasteiger partial charge in [0.15, 0.2) is 5.54 Å². The van der Waals surface area contributed by atoms with Crippen LogP contribution < -0.4 is 5.32 Å². The normalized spacial score (nSPS) is 14.9. The maximum Gasteiger partial charge on any atom is 0.394 e. The Labute approximate surface area is 130 Å². The highest BCUT2D eigenvalue weighted by Gasteiger charge is 2.49. The summed E-state index contributed by atoms with van der Waals surface area (Å²) in [6.07, 6.45) is -5.54. The van der Waals surface area contributed by atoms with Crippen molar-refractivity contribution in [1.29, 1.82) is 0 Å². The average molecular weight is 335 g/mol. The zero-order valence-electron chi connectivity index (χ0n) is 12.8. The smallest absolute Gasteiger partial charge is 0.394 e. The van der Waals surface area contributed by atoms with E-state index in [1.165, 1.54) is 0 Å². The van der Waals surface area contributed by atoms with Gasteiger partial charge in [0.05, 0.1) is 5.41 Å². The molecule has 1 unspecified atom stereocenters. The van der Waals surface area contributed by atoms with Crippen molar-refractivity contribution < 1.29 is 32.3 Å². The number of amides is 1. The molecule has 0 heterocycles. The second-order valence-corrected chi connectivity index (χ2v) is 6.04. The molecule has 8 heteroatoms. The Morgan fingerprint density at radius 2 is 1.57 bits per heavy atom. The minimum absolute atomic E-state index is 0.0459. The number of carbonyl (C=O) groups excluding carboxylic acids is 1. The van der Waals surface area contributed by atoms with Gasteiger partial charge in [0, 0.05) is 6.42 Å². The maximum atomic E-state index is 12.9. The van der Waals surface area contributed by atoms with Crippen LogP contribution in [0.25, 0.3) is 0 Å². The van der Waals surface area contributed by atoms with Crippen LogP contribution in [0.15, 0.2) is 24.3 Å². The summed E-state index contributed by atoms with van der Waals surface area (Å²) in [6.45, 7) is 2.83. The fourth-order valence-corrected chi connectivity index (χ4v) is 1.86. The van der Waals surface area contributed by atoms with E-state index in [1.807, 2.05) is 0 Å². The quantitative estimate of drug-likeness (QED) is 0.812. The average Bonchev–Trinajstić information content (AvgIpc) is 2.36. The van der Waals surface area contributed by atoms with Crippen LogP contribution in [0.5, 0.6) is 0 Å². The number of carbonyl (C=O) groups is 2. The molecule has 0 bridgehead atoms. The molecule has 0 aliphatic carbocycles. The molecule has 23 heavy (non-hydrogen) atoms. The number of benzene rings is 1. The molecule has 0 spiro atoms. The van der Waals surface area contributed by atoms with Crippen LogP contribution in [-0.4, -0.2) is 23.2 Å². The highest BCUT2D eigenvalue weighted by atomic mass is 19.4. The fraction of sp³-hybridized carbons (Fsp3) is 0.467. The first kappa shape index (κ1) is 18.9. The zero-order valence-corrected chi connectivity index (χ0v) is 12.8. The number of rotatable bonds is 5. The molecule has 1 atom stereocenters. The standard InChI is InChI=1S/C15H17F4NO3/c1-13(2,15(17,18)19)8-11(21)20-14(3,12(22)23)9-4-6-10(16)7-5-9/h4-7H,8H2,1-3H3,(H,20,21)(H,22,23). The third-order valence-corrected chi connectivity index (χ3v) is 3.61. The van der Waals surface area contributed by atoms with Crippen LogP contribution in [0, 0.1) is 11.2 Å². The molecular formula is C15H17F4NO3. The summed E-state index contributed by atoms with van der Waals surface area (Å²) in [5, 5.41) is 11.4. The van der Waals surface area contributed by atoms with Gasteiger partial charge in [0.2, 0.25) is 5.91 Å². The number of nitrogens with one attached hydrogen (secondary N) is 1. The monoisotopic (exact) mass is 335 g/mol. The minimum Gasteiger partial charge on any atom is -0.479 e. The van der Waals surface area contributed by atoms with Crippen LogP contribution in [0.3, 0.4) is 0 Å². The first-order chi connectivity index (χ1) is 10.3. The van der Waals surface area contributed by atoms with Crippen molar-refractivity contribution in [2.45, 2.75) is 38.9 Å². The van der Waals surface area contributed by atoms with E-state index in [2.05, 4.69) is 5.32 Å². The van der Waals surface area contributed by atoms with Crippen LogP contribution in [0.4, 0.5) is 17.6 Å². The lowest BCUT2D eigenvalue weighted by Gasteiger charge is -2.31. The van der Waals surface area contributed by atoms with Gasteiger partial charge in [-0.3, -0.25) is 4.79 Å². The third kappa shape index (κ3) is 4.20. The molecule has 1 aromatic rings. The van der Waals surface area contributed by atoms with Crippen LogP contribution in [0.1, 0.15) is 32.8 Å². The van der Waals surface area contributed by atoms with E-state index in [9.17, 15) is 32.3 Å².